The number of hydrogen-bond acceptors (Lipinski definition) is 4. The second kappa shape index (κ2) is 6.16. The van der Waals surface area contributed by atoms with Crippen LogP contribution in [-0.4, -0.2) is 35.2 Å². The second-order valence-electron chi connectivity index (χ2n) is 5.56. The number of halogens is 1. The number of rotatable bonds is 4. The van der Waals surface area contributed by atoms with Gasteiger partial charge in [0, 0.05) is 10.6 Å². The smallest absolute Gasteiger partial charge is 0.291 e. The summed E-state index contributed by atoms with van der Waals surface area (Å²) in [7, 11) is 0. The Morgan fingerprint density at radius 1 is 1.17 bits per heavy atom. The number of nitrogens with zero attached hydrogens (tertiary/aromatic N) is 2. The summed E-state index contributed by atoms with van der Waals surface area (Å²) in [6, 6.07) is 7.52. The molecule has 1 aliphatic rings. The van der Waals surface area contributed by atoms with Gasteiger partial charge in [0.15, 0.2) is 5.78 Å². The molecule has 1 saturated heterocycles. The van der Waals surface area contributed by atoms with E-state index in [0.717, 1.165) is 9.78 Å². The van der Waals surface area contributed by atoms with E-state index in [1.807, 2.05) is 13.0 Å². The van der Waals surface area contributed by atoms with Gasteiger partial charge in [-0.15, -0.1) is 11.3 Å². The predicted octanol–water partition coefficient (Wildman–Crippen LogP) is 3.24. The molecule has 1 aromatic heterocycles. The summed E-state index contributed by atoms with van der Waals surface area (Å²) < 4.78 is 13.1. The number of thiophene rings is 1. The highest BCUT2D eigenvalue weighted by Gasteiger charge is 2.44. The maximum Gasteiger partial charge on any atom is 0.332 e. The molecule has 0 saturated carbocycles. The summed E-state index contributed by atoms with van der Waals surface area (Å²) in [5.41, 5.74) is 0.421. The highest BCUT2D eigenvalue weighted by molar-refractivity contribution is 7.14. The number of Topliss-reactive ketones (excluding diaryl/α,β-unsaturated/α-hetero) is 1. The number of carbonyl (C=O) groups excluding carboxylic acids is 3. The van der Waals surface area contributed by atoms with E-state index in [1.54, 1.807) is 13.0 Å². The summed E-state index contributed by atoms with van der Waals surface area (Å²) in [4.78, 5) is 41.0. The first-order chi connectivity index (χ1) is 11.4. The van der Waals surface area contributed by atoms with E-state index >= 15 is 0 Å². The lowest BCUT2D eigenvalue weighted by Gasteiger charge is -2.19. The Kier molecular flexibility index (Phi) is 4.19. The van der Waals surface area contributed by atoms with Crippen LogP contribution >= 0.6 is 11.3 Å². The van der Waals surface area contributed by atoms with E-state index in [2.05, 4.69) is 0 Å². The van der Waals surface area contributed by atoms with Crippen molar-refractivity contribution in [3.05, 3.63) is 52.0 Å². The highest BCUT2D eigenvalue weighted by atomic mass is 32.1. The van der Waals surface area contributed by atoms with Crippen molar-refractivity contribution in [1.82, 2.24) is 4.90 Å². The molecule has 2 heterocycles. The lowest BCUT2D eigenvalue weighted by atomic mass is 10.2. The first kappa shape index (κ1) is 16.3. The summed E-state index contributed by atoms with van der Waals surface area (Å²) in [6.45, 7) is 3.18. The predicted molar refractivity (Wildman–Crippen MR) is 88.8 cm³/mol. The van der Waals surface area contributed by atoms with Crippen LogP contribution < -0.4 is 4.90 Å². The van der Waals surface area contributed by atoms with Crippen molar-refractivity contribution in [3.63, 3.8) is 0 Å². The molecule has 0 bridgehead atoms. The zero-order valence-corrected chi connectivity index (χ0v) is 14.0. The molecule has 0 radical (unpaired) electrons. The van der Waals surface area contributed by atoms with E-state index in [-0.39, 0.29) is 12.3 Å². The van der Waals surface area contributed by atoms with Crippen LogP contribution in [0, 0.1) is 12.7 Å². The van der Waals surface area contributed by atoms with Crippen LogP contribution in [-0.2, 0) is 4.79 Å². The zero-order chi connectivity index (χ0) is 17.4. The van der Waals surface area contributed by atoms with Crippen molar-refractivity contribution < 1.29 is 18.8 Å². The number of hydrogen-bond donors (Lipinski definition) is 0. The van der Waals surface area contributed by atoms with E-state index in [0.29, 0.717) is 10.6 Å². The zero-order valence-electron chi connectivity index (χ0n) is 13.2. The van der Waals surface area contributed by atoms with Crippen LogP contribution in [0.2, 0.25) is 0 Å². The monoisotopic (exact) mass is 346 g/mol. The van der Waals surface area contributed by atoms with E-state index in [9.17, 15) is 18.8 Å². The van der Waals surface area contributed by atoms with Crippen molar-refractivity contribution in [3.8, 4) is 0 Å². The number of urea groups is 1. The molecule has 1 aromatic carbocycles. The van der Waals surface area contributed by atoms with Crippen LogP contribution in [0.3, 0.4) is 0 Å². The normalized spacial score (nSPS) is 17.7. The topological polar surface area (TPSA) is 57.7 Å². The minimum Gasteiger partial charge on any atom is -0.291 e. The number of anilines is 1. The Labute approximate surface area is 142 Å². The number of aryl methyl sites for hydroxylation is 1. The lowest BCUT2D eigenvalue weighted by Crippen LogP contribution is -2.36. The van der Waals surface area contributed by atoms with Gasteiger partial charge in [-0.05, 0) is 50.2 Å². The van der Waals surface area contributed by atoms with Crippen molar-refractivity contribution in [2.45, 2.75) is 19.9 Å². The largest absolute Gasteiger partial charge is 0.332 e. The van der Waals surface area contributed by atoms with E-state index in [1.165, 1.54) is 40.5 Å². The third-order valence-electron chi connectivity index (χ3n) is 3.87. The van der Waals surface area contributed by atoms with Crippen LogP contribution in [0.4, 0.5) is 14.9 Å². The SMILES string of the molecule is Cc1ccc(C(=O)CN2C(=O)[C@@H](C)N(c3ccc(F)cc3)C2=O)s1. The minimum absolute atomic E-state index is 0.275. The van der Waals surface area contributed by atoms with Crippen molar-refractivity contribution in [2.75, 3.05) is 11.4 Å². The van der Waals surface area contributed by atoms with E-state index < -0.39 is 23.8 Å². The Balaban J connectivity index is 1.82. The van der Waals surface area contributed by atoms with Gasteiger partial charge in [-0.1, -0.05) is 0 Å². The quantitative estimate of drug-likeness (QED) is 0.631. The van der Waals surface area contributed by atoms with Crippen molar-refractivity contribution in [1.29, 1.82) is 0 Å². The van der Waals surface area contributed by atoms with Crippen LogP contribution in [0.15, 0.2) is 36.4 Å². The fourth-order valence-electron chi connectivity index (χ4n) is 2.61. The van der Waals surface area contributed by atoms with Gasteiger partial charge in [-0.2, -0.15) is 0 Å². The molecule has 24 heavy (non-hydrogen) atoms. The summed E-state index contributed by atoms with van der Waals surface area (Å²) in [5, 5.41) is 0. The van der Waals surface area contributed by atoms with Crippen LogP contribution in [0.1, 0.15) is 21.5 Å². The Hall–Kier alpha value is -2.54. The first-order valence-electron chi connectivity index (χ1n) is 7.38. The molecule has 1 atom stereocenters. The maximum absolute atomic E-state index is 13.1. The molecule has 1 fully saturated rings. The molecule has 0 unspecified atom stereocenters. The van der Waals surface area contributed by atoms with Gasteiger partial charge in [-0.25, -0.2) is 9.18 Å². The van der Waals surface area contributed by atoms with Crippen LogP contribution in [0.5, 0.6) is 0 Å². The third-order valence-corrected chi connectivity index (χ3v) is 4.91. The molecular formula is C17H15FN2O3S. The molecule has 7 heteroatoms. The second-order valence-corrected chi connectivity index (χ2v) is 6.85. The molecule has 5 nitrogen and oxygen atoms in total. The van der Waals surface area contributed by atoms with Crippen LogP contribution in [0.25, 0.3) is 0 Å². The molecule has 0 N–H and O–H groups in total. The van der Waals surface area contributed by atoms with Gasteiger partial charge in [0.25, 0.3) is 5.91 Å². The number of imide groups is 1. The fourth-order valence-corrected chi connectivity index (χ4v) is 3.41. The number of ketones is 1. The third kappa shape index (κ3) is 2.82. The molecular weight excluding hydrogens is 331 g/mol. The van der Waals surface area contributed by atoms with Gasteiger partial charge in [0.1, 0.15) is 11.9 Å². The lowest BCUT2D eigenvalue weighted by molar-refractivity contribution is -0.126. The highest BCUT2D eigenvalue weighted by Crippen LogP contribution is 2.26. The average Bonchev–Trinajstić information content (AvgIpc) is 3.07. The van der Waals surface area contributed by atoms with Gasteiger partial charge in [-0.3, -0.25) is 19.4 Å². The number of benzene rings is 1. The van der Waals surface area contributed by atoms with E-state index in [4.69, 9.17) is 0 Å². The Morgan fingerprint density at radius 3 is 2.42 bits per heavy atom. The molecule has 3 amide bonds. The standard InChI is InChI=1S/C17H15FN2O3S/c1-10-3-8-15(24-10)14(21)9-19-16(22)11(2)20(17(19)23)13-6-4-12(18)5-7-13/h3-8,11H,9H2,1-2H3/t11-/m1/s1. The fraction of sp³-hybridized carbons (Fsp3) is 0.235. The summed E-state index contributed by atoms with van der Waals surface area (Å²) >= 11 is 1.33. The number of carbonyl (C=O) groups is 3. The first-order valence-corrected chi connectivity index (χ1v) is 8.20. The van der Waals surface area contributed by atoms with Crippen molar-refractivity contribution >= 4 is 34.7 Å². The Bertz CT molecular complexity index is 815. The molecule has 3 rings (SSSR count). The van der Waals surface area contributed by atoms with Gasteiger partial charge < -0.3 is 0 Å². The molecule has 1 aliphatic heterocycles. The van der Waals surface area contributed by atoms with Gasteiger partial charge in [0.05, 0.1) is 11.4 Å². The Morgan fingerprint density at radius 2 is 1.83 bits per heavy atom. The number of amides is 3. The van der Waals surface area contributed by atoms with Crippen molar-refractivity contribution in [2.24, 2.45) is 0 Å². The molecule has 0 spiro atoms. The van der Waals surface area contributed by atoms with Gasteiger partial charge in [0.2, 0.25) is 0 Å². The van der Waals surface area contributed by atoms with Gasteiger partial charge >= 0.3 is 6.03 Å². The minimum atomic E-state index is -0.735. The average molecular weight is 346 g/mol. The summed E-state index contributed by atoms with van der Waals surface area (Å²) in [5.74, 6) is -1.14. The molecule has 0 aliphatic carbocycles. The molecule has 2 aromatic rings. The maximum atomic E-state index is 13.1. The molecule has 124 valence electrons. The summed E-state index contributed by atoms with van der Waals surface area (Å²) in [6.07, 6.45) is 0.